The van der Waals surface area contributed by atoms with Crippen molar-refractivity contribution in [1.29, 1.82) is 0 Å². The number of rotatable bonds is 7. The van der Waals surface area contributed by atoms with Crippen LogP contribution in [0.2, 0.25) is 18.1 Å². The average Bonchev–Trinajstić information content (AvgIpc) is 2.93. The Bertz CT molecular complexity index is 843. The van der Waals surface area contributed by atoms with E-state index < -0.39 is 18.2 Å². The van der Waals surface area contributed by atoms with E-state index in [1.165, 1.54) is 0 Å². The second kappa shape index (κ2) is 8.11. The number of aromatic nitrogens is 2. The summed E-state index contributed by atoms with van der Waals surface area (Å²) in [5, 5.41) is 0.263. The van der Waals surface area contributed by atoms with Crippen molar-refractivity contribution in [3.63, 3.8) is 0 Å². The summed E-state index contributed by atoms with van der Waals surface area (Å²) in [7, 11) is -5.41. The maximum Gasteiger partial charge on any atom is 0.240 e. The summed E-state index contributed by atoms with van der Waals surface area (Å²) in [5.74, 6) is 0. The summed E-state index contributed by atoms with van der Waals surface area (Å²) in [5.41, 5.74) is 0. The van der Waals surface area contributed by atoms with Gasteiger partial charge in [0.1, 0.15) is 3.70 Å². The Morgan fingerprint density at radius 3 is 2.38 bits per heavy atom. The van der Waals surface area contributed by atoms with Gasteiger partial charge in [-0.2, -0.15) is 0 Å². The zero-order chi connectivity index (χ0) is 19.6. The molecular formula is C18H27IN2O3SSi. The van der Waals surface area contributed by atoms with E-state index in [1.54, 1.807) is 41.1 Å². The van der Waals surface area contributed by atoms with Crippen LogP contribution in [-0.2, 0) is 20.8 Å². The maximum atomic E-state index is 12.9. The molecule has 0 amide bonds. The lowest BCUT2D eigenvalue weighted by Crippen LogP contribution is -2.41. The molecule has 0 saturated heterocycles. The fourth-order valence-electron chi connectivity index (χ4n) is 2.23. The van der Waals surface area contributed by atoms with Crippen LogP contribution in [0.15, 0.2) is 46.6 Å². The molecular weight excluding hydrogens is 479 g/mol. The lowest BCUT2D eigenvalue weighted by molar-refractivity contribution is 0.272. The van der Waals surface area contributed by atoms with Crippen LogP contribution in [0.5, 0.6) is 0 Å². The molecule has 1 aromatic heterocycles. The van der Waals surface area contributed by atoms with Gasteiger partial charge in [-0.1, -0.05) is 39.0 Å². The highest BCUT2D eigenvalue weighted by atomic mass is 127. The lowest BCUT2D eigenvalue weighted by atomic mass is 10.2. The Hall–Kier alpha value is -0.713. The van der Waals surface area contributed by atoms with Gasteiger partial charge in [-0.3, -0.25) is 0 Å². The van der Waals surface area contributed by atoms with Gasteiger partial charge in [-0.15, -0.1) is 0 Å². The van der Waals surface area contributed by atoms with Crippen LogP contribution in [0.25, 0.3) is 0 Å². The molecule has 0 bridgehead atoms. The monoisotopic (exact) mass is 506 g/mol. The predicted octanol–water partition coefficient (Wildman–Crippen LogP) is 4.73. The number of hydrogen-bond donors (Lipinski definition) is 0. The van der Waals surface area contributed by atoms with E-state index >= 15 is 0 Å². The Balaban J connectivity index is 2.12. The molecule has 0 atom stereocenters. The Morgan fingerprint density at radius 2 is 1.81 bits per heavy atom. The summed E-state index contributed by atoms with van der Waals surface area (Å²) in [6.07, 6.45) is 2.35. The molecule has 0 saturated carbocycles. The van der Waals surface area contributed by atoms with E-state index in [1.807, 2.05) is 0 Å². The van der Waals surface area contributed by atoms with Gasteiger partial charge in [0.15, 0.2) is 8.32 Å². The predicted molar refractivity (Wildman–Crippen MR) is 115 cm³/mol. The van der Waals surface area contributed by atoms with Crippen LogP contribution in [0.1, 0.15) is 27.2 Å². The third-order valence-corrected chi connectivity index (χ3v) is 12.0. The van der Waals surface area contributed by atoms with Crippen molar-refractivity contribution >= 4 is 40.7 Å². The highest BCUT2D eigenvalue weighted by Gasteiger charge is 2.36. The Morgan fingerprint density at radius 1 is 1.19 bits per heavy atom. The molecule has 5 nitrogen and oxygen atoms in total. The van der Waals surface area contributed by atoms with Crippen molar-refractivity contribution < 1.29 is 12.8 Å². The molecule has 0 fully saturated rings. The van der Waals surface area contributed by atoms with E-state index in [4.69, 9.17) is 4.43 Å². The van der Waals surface area contributed by atoms with Gasteiger partial charge >= 0.3 is 0 Å². The quantitative estimate of drug-likeness (QED) is 0.310. The van der Waals surface area contributed by atoms with Gasteiger partial charge < -0.3 is 8.99 Å². The summed E-state index contributed by atoms with van der Waals surface area (Å²) < 4.78 is 34.5. The van der Waals surface area contributed by atoms with Crippen LogP contribution >= 0.6 is 22.6 Å². The van der Waals surface area contributed by atoms with Crippen molar-refractivity contribution in [2.24, 2.45) is 0 Å². The topological polar surface area (TPSA) is 61.2 Å². The zero-order valence-corrected chi connectivity index (χ0v) is 20.0. The fourth-order valence-corrected chi connectivity index (χ4v) is 5.49. The minimum Gasteiger partial charge on any atom is -0.417 e. The second-order valence-electron chi connectivity index (χ2n) is 7.79. The number of halogens is 1. The van der Waals surface area contributed by atoms with Gasteiger partial charge in [0.05, 0.1) is 11.1 Å². The van der Waals surface area contributed by atoms with Crippen molar-refractivity contribution in [2.75, 3.05) is 6.61 Å². The van der Waals surface area contributed by atoms with Gasteiger partial charge in [-0.25, -0.2) is 13.4 Å². The number of imidazole rings is 1. The summed E-state index contributed by atoms with van der Waals surface area (Å²) in [6, 6.07) is 8.44. The molecule has 2 aromatic rings. The molecule has 0 aliphatic heterocycles. The molecule has 1 aromatic carbocycles. The minimum absolute atomic E-state index is 0.0976. The van der Waals surface area contributed by atoms with Gasteiger partial charge in [-0.05, 0) is 59.3 Å². The molecule has 2 rings (SSSR count). The van der Waals surface area contributed by atoms with Crippen LogP contribution in [0.4, 0.5) is 0 Å². The Labute approximate surface area is 171 Å². The second-order valence-corrected chi connectivity index (χ2v) is 15.6. The van der Waals surface area contributed by atoms with Crippen LogP contribution in [0.3, 0.4) is 0 Å². The molecule has 0 aliphatic rings. The van der Waals surface area contributed by atoms with E-state index in [0.717, 1.165) is 10.1 Å². The largest absolute Gasteiger partial charge is 0.417 e. The SMILES string of the molecule is CC(C)(C)[Si](C)(C)OCCCn1c(I)cnc1S(=O)(=O)c1ccccc1. The first-order valence-corrected chi connectivity index (χ1v) is 14.1. The van der Waals surface area contributed by atoms with Crippen LogP contribution in [-0.4, -0.2) is 32.9 Å². The van der Waals surface area contributed by atoms with E-state index in [-0.39, 0.29) is 15.1 Å². The molecule has 0 aliphatic carbocycles. The lowest BCUT2D eigenvalue weighted by Gasteiger charge is -2.36. The molecule has 0 spiro atoms. The first kappa shape index (κ1) is 21.6. The third-order valence-electron chi connectivity index (χ3n) is 4.86. The molecule has 0 unspecified atom stereocenters. The first-order chi connectivity index (χ1) is 12.0. The van der Waals surface area contributed by atoms with E-state index in [9.17, 15) is 8.42 Å². The normalized spacial score (nSPS) is 13.2. The van der Waals surface area contributed by atoms with Crippen LogP contribution in [0, 0.1) is 3.70 Å². The minimum atomic E-state index is -3.62. The van der Waals surface area contributed by atoms with E-state index in [2.05, 4.69) is 61.4 Å². The van der Waals surface area contributed by atoms with Crippen molar-refractivity contribution in [3.8, 4) is 0 Å². The van der Waals surface area contributed by atoms with Gasteiger partial charge in [0.2, 0.25) is 15.0 Å². The molecule has 1 heterocycles. The summed E-state index contributed by atoms with van der Waals surface area (Å²) in [4.78, 5) is 4.43. The number of sulfone groups is 1. The summed E-state index contributed by atoms with van der Waals surface area (Å²) in [6.45, 7) is 12.3. The standard InChI is InChI=1S/C18H27IN2O3SSi/c1-18(2,3)26(4,5)24-13-9-12-21-16(19)14-20-17(21)25(22,23)15-10-7-6-8-11-15/h6-8,10-11,14H,9,12-13H2,1-5H3. The number of nitrogens with zero attached hydrogens (tertiary/aromatic N) is 2. The smallest absolute Gasteiger partial charge is 0.240 e. The molecule has 26 heavy (non-hydrogen) atoms. The molecule has 8 heteroatoms. The highest BCUT2D eigenvalue weighted by molar-refractivity contribution is 14.1. The van der Waals surface area contributed by atoms with Gasteiger partial charge in [0, 0.05) is 13.2 Å². The van der Waals surface area contributed by atoms with Gasteiger partial charge in [0.25, 0.3) is 0 Å². The maximum absolute atomic E-state index is 12.9. The van der Waals surface area contributed by atoms with Crippen molar-refractivity contribution in [3.05, 3.63) is 40.2 Å². The molecule has 0 N–H and O–H groups in total. The van der Waals surface area contributed by atoms with E-state index in [0.29, 0.717) is 13.2 Å². The number of hydrogen-bond acceptors (Lipinski definition) is 4. The van der Waals surface area contributed by atoms with Crippen molar-refractivity contribution in [2.45, 2.75) is 61.9 Å². The van der Waals surface area contributed by atoms with Crippen molar-refractivity contribution in [1.82, 2.24) is 9.55 Å². The Kier molecular flexibility index (Phi) is 6.74. The molecule has 144 valence electrons. The highest BCUT2D eigenvalue weighted by Crippen LogP contribution is 2.36. The summed E-state index contributed by atoms with van der Waals surface area (Å²) >= 11 is 2.13. The third kappa shape index (κ3) is 4.76. The van der Waals surface area contributed by atoms with Crippen LogP contribution < -0.4 is 0 Å². The fraction of sp³-hybridized carbons (Fsp3) is 0.500. The average molecular weight is 506 g/mol. The number of benzene rings is 1. The first-order valence-electron chi connectivity index (χ1n) is 8.62. The zero-order valence-electron chi connectivity index (χ0n) is 16.0. The molecule has 0 radical (unpaired) electrons.